The van der Waals surface area contributed by atoms with Crippen molar-refractivity contribution in [1.29, 1.82) is 0 Å². The summed E-state index contributed by atoms with van der Waals surface area (Å²) in [5, 5.41) is 43.3. The molecule has 0 spiro atoms. The fourth-order valence-electron chi connectivity index (χ4n) is 5.47. The number of carbonyl (C=O) groups excluding carboxylic acids is 4. The minimum Gasteiger partial charge on any atom is -0.508 e. The monoisotopic (exact) mass is 470 g/mol. The first-order chi connectivity index (χ1) is 15.9. The quantitative estimate of drug-likeness (QED) is 0.373. The molecule has 1 saturated carbocycles. The van der Waals surface area contributed by atoms with Crippen LogP contribution in [0.5, 0.6) is 5.75 Å². The van der Waals surface area contributed by atoms with E-state index in [-0.39, 0.29) is 54.9 Å². The molecule has 3 aliphatic rings. The Labute approximate surface area is 195 Å². The summed E-state index contributed by atoms with van der Waals surface area (Å²) in [5.41, 5.74) is 2.65. The minimum absolute atomic E-state index is 0.0118. The van der Waals surface area contributed by atoms with Gasteiger partial charge in [0.2, 0.25) is 5.78 Å². The number of benzene rings is 1. The number of fused-ring (bicyclic) bond motifs is 3. The Bertz CT molecular complexity index is 1210. The van der Waals surface area contributed by atoms with Gasteiger partial charge in [-0.2, -0.15) is 0 Å². The Hall–Kier alpha value is -3.50. The van der Waals surface area contributed by atoms with Gasteiger partial charge in [0.25, 0.3) is 5.91 Å². The molecule has 3 unspecified atom stereocenters. The van der Waals surface area contributed by atoms with E-state index in [0.29, 0.717) is 11.1 Å². The van der Waals surface area contributed by atoms with E-state index in [9.17, 15) is 39.6 Å². The van der Waals surface area contributed by atoms with Gasteiger partial charge in [-0.1, -0.05) is 6.07 Å². The highest BCUT2D eigenvalue weighted by molar-refractivity contribution is 6.22. The Morgan fingerprint density at radius 3 is 2.44 bits per heavy atom. The maximum atomic E-state index is 13.4. The van der Waals surface area contributed by atoms with Crippen molar-refractivity contribution in [3.63, 3.8) is 0 Å². The molecular formula is C24H26N2O8. The van der Waals surface area contributed by atoms with E-state index in [1.807, 2.05) is 0 Å². The number of ketones is 3. The van der Waals surface area contributed by atoms with Crippen molar-refractivity contribution in [2.24, 2.45) is 17.6 Å². The molecule has 1 fully saturated rings. The van der Waals surface area contributed by atoms with Crippen LogP contribution in [0.1, 0.15) is 29.5 Å². The third-order valence-corrected chi connectivity index (χ3v) is 6.92. The summed E-state index contributed by atoms with van der Waals surface area (Å²) >= 11 is 0. The molecule has 1 aromatic carbocycles. The molecule has 0 heterocycles. The molecule has 0 aromatic heterocycles. The van der Waals surface area contributed by atoms with Crippen molar-refractivity contribution >= 4 is 29.0 Å². The average Bonchev–Trinajstić information content (AvgIpc) is 2.71. The molecule has 34 heavy (non-hydrogen) atoms. The van der Waals surface area contributed by atoms with Crippen LogP contribution in [0.3, 0.4) is 0 Å². The number of aliphatic hydroxyl groups excluding tert-OH is 2. The SMILES string of the molecule is CN(C)CC(=O)Cc1ccc(O)c2c1CC1CC3CC(=O)C(C(N)=O)=C(O)C3(O)C(=O)C1=C2O. The number of phenols is 1. The molecule has 3 atom stereocenters. The fraction of sp³-hybridized carbons (Fsp3) is 0.417. The van der Waals surface area contributed by atoms with E-state index in [2.05, 4.69) is 0 Å². The molecule has 180 valence electrons. The summed E-state index contributed by atoms with van der Waals surface area (Å²) in [6.45, 7) is 0.204. The van der Waals surface area contributed by atoms with Gasteiger partial charge in [-0.05, 0) is 50.0 Å². The Kier molecular flexibility index (Phi) is 5.61. The van der Waals surface area contributed by atoms with Crippen molar-refractivity contribution in [3.05, 3.63) is 45.7 Å². The Morgan fingerprint density at radius 1 is 1.15 bits per heavy atom. The zero-order valence-corrected chi connectivity index (χ0v) is 18.8. The summed E-state index contributed by atoms with van der Waals surface area (Å²) in [6, 6.07) is 2.92. The molecule has 0 aliphatic heterocycles. The van der Waals surface area contributed by atoms with Gasteiger partial charge in [0.05, 0.1) is 12.1 Å². The lowest BCUT2D eigenvalue weighted by Gasteiger charge is -2.46. The highest BCUT2D eigenvalue weighted by Crippen LogP contribution is 2.52. The standard InChI is InChI=1S/C24H26N2O8/c1-26(2)9-13(27)6-10-3-4-15(28)18-14(10)7-11-5-12-8-16(29)19(23(25)33)22(32)24(12,34)21(31)17(11)20(18)30/h3-4,11-12,28,30,32,34H,5-9H2,1-2H3,(H2,25,33). The first-order valence-electron chi connectivity index (χ1n) is 10.8. The number of aliphatic hydroxyl groups is 3. The van der Waals surface area contributed by atoms with Crippen LogP contribution in [0, 0.1) is 11.8 Å². The zero-order chi connectivity index (χ0) is 25.1. The summed E-state index contributed by atoms with van der Waals surface area (Å²) in [4.78, 5) is 51.7. The molecule has 10 nitrogen and oxygen atoms in total. The predicted molar refractivity (Wildman–Crippen MR) is 119 cm³/mol. The highest BCUT2D eigenvalue weighted by atomic mass is 16.3. The van der Waals surface area contributed by atoms with Crippen LogP contribution in [0.25, 0.3) is 5.76 Å². The lowest BCUT2D eigenvalue weighted by molar-refractivity contribution is -0.147. The topological polar surface area (TPSA) is 178 Å². The first-order valence-corrected chi connectivity index (χ1v) is 10.8. The van der Waals surface area contributed by atoms with Crippen LogP contribution in [0.2, 0.25) is 0 Å². The van der Waals surface area contributed by atoms with Gasteiger partial charge in [0.15, 0.2) is 17.2 Å². The maximum absolute atomic E-state index is 13.4. The third kappa shape index (κ3) is 3.41. The number of carbonyl (C=O) groups is 4. The van der Waals surface area contributed by atoms with E-state index >= 15 is 0 Å². The van der Waals surface area contributed by atoms with Crippen molar-refractivity contribution in [2.75, 3.05) is 20.6 Å². The molecule has 1 aromatic rings. The largest absolute Gasteiger partial charge is 0.508 e. The number of aromatic hydroxyl groups is 1. The number of primary amides is 1. The number of nitrogens with two attached hydrogens (primary N) is 1. The lowest BCUT2D eigenvalue weighted by atomic mass is 9.59. The molecular weight excluding hydrogens is 444 g/mol. The van der Waals surface area contributed by atoms with E-state index in [1.54, 1.807) is 25.1 Å². The normalized spacial score (nSPS) is 26.4. The number of phenolic OH excluding ortho intramolecular Hbond substituents is 1. The number of hydrogen-bond acceptors (Lipinski definition) is 9. The van der Waals surface area contributed by atoms with Gasteiger partial charge in [-0.15, -0.1) is 0 Å². The second-order valence-electron chi connectivity index (χ2n) is 9.46. The predicted octanol–water partition coefficient (Wildman–Crippen LogP) is 0.0971. The van der Waals surface area contributed by atoms with Crippen LogP contribution >= 0.6 is 0 Å². The van der Waals surface area contributed by atoms with Gasteiger partial charge in [-0.3, -0.25) is 19.2 Å². The van der Waals surface area contributed by atoms with E-state index in [0.717, 1.165) is 0 Å². The number of Topliss-reactive ketones (excluding diaryl/α,β-unsaturated/α-hetero) is 3. The lowest BCUT2D eigenvalue weighted by Crippen LogP contribution is -2.58. The van der Waals surface area contributed by atoms with Crippen molar-refractivity contribution in [2.45, 2.75) is 31.3 Å². The zero-order valence-electron chi connectivity index (χ0n) is 18.8. The summed E-state index contributed by atoms with van der Waals surface area (Å²) in [5.74, 6) is -6.80. The van der Waals surface area contributed by atoms with Crippen molar-refractivity contribution in [3.8, 4) is 5.75 Å². The molecule has 4 rings (SSSR count). The molecule has 0 bridgehead atoms. The van der Waals surface area contributed by atoms with Gasteiger partial charge < -0.3 is 31.1 Å². The van der Waals surface area contributed by atoms with Crippen LogP contribution in [0.4, 0.5) is 0 Å². The number of nitrogens with zero attached hydrogens (tertiary/aromatic N) is 1. The molecule has 10 heteroatoms. The molecule has 1 amide bonds. The second kappa shape index (κ2) is 8.07. The van der Waals surface area contributed by atoms with E-state index in [1.165, 1.54) is 6.07 Å². The minimum atomic E-state index is -2.59. The molecule has 3 aliphatic carbocycles. The number of hydrogen-bond donors (Lipinski definition) is 5. The van der Waals surface area contributed by atoms with E-state index < -0.39 is 52.0 Å². The van der Waals surface area contributed by atoms with E-state index in [4.69, 9.17) is 5.73 Å². The first kappa shape index (κ1) is 23.7. The number of amides is 1. The Morgan fingerprint density at radius 2 is 1.82 bits per heavy atom. The summed E-state index contributed by atoms with van der Waals surface area (Å²) < 4.78 is 0. The smallest absolute Gasteiger partial charge is 0.255 e. The molecule has 0 saturated heterocycles. The van der Waals surface area contributed by atoms with Crippen LogP contribution < -0.4 is 5.73 Å². The van der Waals surface area contributed by atoms with Gasteiger partial charge in [0, 0.05) is 24.3 Å². The van der Waals surface area contributed by atoms with Crippen LogP contribution in [-0.2, 0) is 32.0 Å². The second-order valence-corrected chi connectivity index (χ2v) is 9.46. The fourth-order valence-corrected chi connectivity index (χ4v) is 5.47. The molecule has 6 N–H and O–H groups in total. The van der Waals surface area contributed by atoms with Gasteiger partial charge in [-0.25, -0.2) is 0 Å². The van der Waals surface area contributed by atoms with Gasteiger partial charge in [0.1, 0.15) is 22.8 Å². The molecule has 0 radical (unpaired) electrons. The summed E-state index contributed by atoms with van der Waals surface area (Å²) in [7, 11) is 3.53. The van der Waals surface area contributed by atoms with Crippen LogP contribution in [0.15, 0.2) is 29.0 Å². The average molecular weight is 470 g/mol. The summed E-state index contributed by atoms with van der Waals surface area (Å²) in [6.07, 6.45) is -0.103. The third-order valence-electron chi connectivity index (χ3n) is 6.92. The maximum Gasteiger partial charge on any atom is 0.255 e. The van der Waals surface area contributed by atoms with Crippen molar-refractivity contribution < 1.29 is 39.6 Å². The number of likely N-dealkylation sites (N-methyl/N-ethyl adjacent to an activating group) is 1. The highest BCUT2D eigenvalue weighted by Gasteiger charge is 2.60. The van der Waals surface area contributed by atoms with Gasteiger partial charge >= 0.3 is 0 Å². The van der Waals surface area contributed by atoms with Crippen molar-refractivity contribution in [1.82, 2.24) is 4.90 Å². The Balaban J connectivity index is 1.84. The van der Waals surface area contributed by atoms with Crippen LogP contribution in [-0.4, -0.2) is 74.8 Å². The number of rotatable bonds is 5.